The van der Waals surface area contributed by atoms with Crippen molar-refractivity contribution in [2.24, 2.45) is 0 Å². The van der Waals surface area contributed by atoms with Crippen molar-refractivity contribution in [1.82, 2.24) is 0 Å². The van der Waals surface area contributed by atoms with Crippen molar-refractivity contribution < 1.29 is 28.9 Å². The van der Waals surface area contributed by atoms with Crippen LogP contribution in [0.3, 0.4) is 0 Å². The van der Waals surface area contributed by atoms with Crippen LogP contribution in [-0.4, -0.2) is 30.2 Å². The molecule has 2 aliphatic rings. The number of Topliss-reactive ketones (excluding diaryl/α,β-unsaturated/α-hetero) is 1. The Morgan fingerprint density at radius 3 is 2.46 bits per heavy atom. The van der Waals surface area contributed by atoms with Gasteiger partial charge in [-0.15, -0.1) is 0 Å². The van der Waals surface area contributed by atoms with E-state index in [0.717, 1.165) is 19.3 Å². The molecule has 0 saturated carbocycles. The second-order valence-corrected chi connectivity index (χ2v) is 9.27. The number of rotatable bonds is 8. The van der Waals surface area contributed by atoms with Crippen LogP contribution < -0.4 is 19.1 Å². The number of aliphatic hydroxyl groups excluding tert-OH is 1. The van der Waals surface area contributed by atoms with E-state index in [9.17, 15) is 14.7 Å². The molecule has 7 nitrogen and oxygen atoms in total. The smallest absolute Gasteiger partial charge is 0.300 e. The summed E-state index contributed by atoms with van der Waals surface area (Å²) < 4.78 is 16.6. The molecule has 1 N–H and O–H groups in total. The van der Waals surface area contributed by atoms with Gasteiger partial charge in [-0.3, -0.25) is 14.5 Å². The predicted octanol–water partition coefficient (Wildman–Crippen LogP) is 6.26. The number of benzene rings is 3. The molecule has 2 aliphatic heterocycles. The molecule has 3 aromatic rings. The number of halogens is 1. The van der Waals surface area contributed by atoms with Gasteiger partial charge in [0.15, 0.2) is 11.5 Å². The maximum Gasteiger partial charge on any atom is 0.300 e. The Balaban J connectivity index is 1.54. The molecule has 0 bridgehead atoms. The van der Waals surface area contributed by atoms with Gasteiger partial charge >= 0.3 is 0 Å². The molecule has 3 aromatic carbocycles. The minimum absolute atomic E-state index is 0.0124. The third kappa shape index (κ3) is 4.87. The number of hydrogen-bond acceptors (Lipinski definition) is 6. The lowest BCUT2D eigenvalue weighted by molar-refractivity contribution is -0.132. The number of unbranched alkanes of at least 4 members (excludes halogenated alkanes) is 2. The molecular formula is C29H26ClNO6. The average Bonchev–Trinajstić information content (AvgIpc) is 3.49. The number of nitrogens with zero attached hydrogens (tertiary/aromatic N) is 1. The molecule has 1 atom stereocenters. The van der Waals surface area contributed by atoms with E-state index in [1.54, 1.807) is 66.7 Å². The van der Waals surface area contributed by atoms with Crippen molar-refractivity contribution in [1.29, 1.82) is 0 Å². The normalized spacial score (nSPS) is 17.9. The lowest BCUT2D eigenvalue weighted by Crippen LogP contribution is -2.29. The summed E-state index contributed by atoms with van der Waals surface area (Å²) in [7, 11) is 0. The van der Waals surface area contributed by atoms with Crippen molar-refractivity contribution in [3.63, 3.8) is 0 Å². The Labute approximate surface area is 219 Å². The Bertz CT molecular complexity index is 1350. The monoisotopic (exact) mass is 519 g/mol. The summed E-state index contributed by atoms with van der Waals surface area (Å²) in [6, 6.07) is 17.8. The van der Waals surface area contributed by atoms with Gasteiger partial charge in [0, 0.05) is 22.3 Å². The molecular weight excluding hydrogens is 494 g/mol. The molecule has 1 amide bonds. The van der Waals surface area contributed by atoms with E-state index >= 15 is 0 Å². The fourth-order valence-corrected chi connectivity index (χ4v) is 4.63. The van der Waals surface area contributed by atoms with Crippen LogP contribution in [0.2, 0.25) is 5.02 Å². The van der Waals surface area contributed by atoms with Gasteiger partial charge < -0.3 is 19.3 Å². The standard InChI is InChI=1S/C29H26ClNO6/c1-2-3-4-15-35-22-12-7-19(8-13-22)27(32)25-26(18-5-9-20(30)10-6-18)31(29(34)28(25)33)21-11-14-23-24(16-21)37-17-36-23/h5-14,16,26,32H,2-4,15,17H2,1H3/b27-25+. The molecule has 0 aromatic heterocycles. The van der Waals surface area contributed by atoms with Gasteiger partial charge in [0.25, 0.3) is 11.7 Å². The van der Waals surface area contributed by atoms with E-state index in [0.29, 0.717) is 45.7 Å². The van der Waals surface area contributed by atoms with E-state index < -0.39 is 17.7 Å². The highest BCUT2D eigenvalue weighted by molar-refractivity contribution is 6.51. The van der Waals surface area contributed by atoms with E-state index in [-0.39, 0.29) is 18.1 Å². The largest absolute Gasteiger partial charge is 0.507 e. The second kappa shape index (κ2) is 10.6. The lowest BCUT2D eigenvalue weighted by atomic mass is 9.95. The Kier molecular flexibility index (Phi) is 7.06. The molecule has 0 radical (unpaired) electrons. The number of anilines is 1. The minimum atomic E-state index is -0.873. The number of fused-ring (bicyclic) bond motifs is 1. The molecule has 0 spiro atoms. The van der Waals surface area contributed by atoms with E-state index in [1.165, 1.54) is 4.90 Å². The van der Waals surface area contributed by atoms with Gasteiger partial charge in [-0.25, -0.2) is 0 Å². The van der Waals surface area contributed by atoms with Crippen LogP contribution in [0.15, 0.2) is 72.3 Å². The highest BCUT2D eigenvalue weighted by Crippen LogP contribution is 2.45. The molecule has 1 fully saturated rings. The van der Waals surface area contributed by atoms with Crippen LogP contribution in [0.1, 0.15) is 43.4 Å². The van der Waals surface area contributed by atoms with E-state index in [4.69, 9.17) is 25.8 Å². The first-order valence-corrected chi connectivity index (χ1v) is 12.5. The summed E-state index contributed by atoms with van der Waals surface area (Å²) in [5.41, 5.74) is 1.46. The van der Waals surface area contributed by atoms with Crippen LogP contribution in [0.25, 0.3) is 5.76 Å². The first kappa shape index (κ1) is 24.7. The quantitative estimate of drug-likeness (QED) is 0.163. The first-order chi connectivity index (χ1) is 18.0. The first-order valence-electron chi connectivity index (χ1n) is 12.2. The maximum absolute atomic E-state index is 13.3. The summed E-state index contributed by atoms with van der Waals surface area (Å²) in [6.07, 6.45) is 3.16. The van der Waals surface area contributed by atoms with Gasteiger partial charge in [0.2, 0.25) is 6.79 Å². The lowest BCUT2D eigenvalue weighted by Gasteiger charge is -2.25. The van der Waals surface area contributed by atoms with Gasteiger partial charge in [-0.05, 0) is 60.5 Å². The number of ketones is 1. The molecule has 1 saturated heterocycles. The van der Waals surface area contributed by atoms with Crippen molar-refractivity contribution >= 4 is 34.7 Å². The molecule has 8 heteroatoms. The number of aliphatic hydroxyl groups is 1. The number of amides is 1. The molecule has 5 rings (SSSR count). The van der Waals surface area contributed by atoms with Gasteiger partial charge in [-0.1, -0.05) is 43.5 Å². The van der Waals surface area contributed by atoms with Crippen LogP contribution in [-0.2, 0) is 9.59 Å². The SMILES string of the molecule is CCCCCOc1ccc(/C(O)=C2\C(=O)C(=O)N(c3ccc4c(c3)OCO4)C2c2ccc(Cl)cc2)cc1. The maximum atomic E-state index is 13.3. The van der Waals surface area contributed by atoms with Crippen molar-refractivity contribution in [2.45, 2.75) is 32.2 Å². The molecule has 0 aliphatic carbocycles. The van der Waals surface area contributed by atoms with Gasteiger partial charge in [0.1, 0.15) is 11.5 Å². The number of carbonyl (C=O) groups excluding carboxylic acids is 2. The zero-order valence-electron chi connectivity index (χ0n) is 20.3. The Hall–Kier alpha value is -3.97. The fraction of sp³-hybridized carbons (Fsp3) is 0.241. The van der Waals surface area contributed by atoms with Crippen LogP contribution in [0, 0.1) is 0 Å². The van der Waals surface area contributed by atoms with Crippen molar-refractivity contribution in [2.75, 3.05) is 18.3 Å². The number of ether oxygens (including phenoxy) is 3. The molecule has 37 heavy (non-hydrogen) atoms. The highest BCUT2D eigenvalue weighted by atomic mass is 35.5. The van der Waals surface area contributed by atoms with Gasteiger partial charge in [0.05, 0.1) is 18.2 Å². The Morgan fingerprint density at radius 2 is 1.73 bits per heavy atom. The minimum Gasteiger partial charge on any atom is -0.507 e. The van der Waals surface area contributed by atoms with Crippen LogP contribution in [0.4, 0.5) is 5.69 Å². The third-order valence-electron chi connectivity index (χ3n) is 6.41. The highest BCUT2D eigenvalue weighted by Gasteiger charge is 2.47. The summed E-state index contributed by atoms with van der Waals surface area (Å²) in [6.45, 7) is 2.82. The number of carbonyl (C=O) groups is 2. The zero-order chi connectivity index (χ0) is 25.9. The number of hydrogen-bond donors (Lipinski definition) is 1. The zero-order valence-corrected chi connectivity index (χ0v) is 21.0. The Morgan fingerprint density at radius 1 is 1.00 bits per heavy atom. The second-order valence-electron chi connectivity index (χ2n) is 8.84. The average molecular weight is 520 g/mol. The van der Waals surface area contributed by atoms with Crippen LogP contribution >= 0.6 is 11.6 Å². The van der Waals surface area contributed by atoms with Gasteiger partial charge in [-0.2, -0.15) is 0 Å². The molecule has 2 heterocycles. The predicted molar refractivity (Wildman–Crippen MR) is 140 cm³/mol. The topological polar surface area (TPSA) is 85.3 Å². The summed E-state index contributed by atoms with van der Waals surface area (Å²) in [5.74, 6) is -0.0998. The third-order valence-corrected chi connectivity index (χ3v) is 6.66. The van der Waals surface area contributed by atoms with E-state index in [2.05, 4.69) is 6.92 Å². The van der Waals surface area contributed by atoms with E-state index in [1.807, 2.05) is 0 Å². The summed E-state index contributed by atoms with van der Waals surface area (Å²) in [5, 5.41) is 11.8. The fourth-order valence-electron chi connectivity index (χ4n) is 4.50. The van der Waals surface area contributed by atoms with Crippen molar-refractivity contribution in [3.8, 4) is 17.2 Å². The molecule has 190 valence electrons. The van der Waals surface area contributed by atoms with Crippen molar-refractivity contribution in [3.05, 3.63) is 88.5 Å². The summed E-state index contributed by atoms with van der Waals surface area (Å²) >= 11 is 6.11. The summed E-state index contributed by atoms with van der Waals surface area (Å²) in [4.78, 5) is 28.0. The molecule has 1 unspecified atom stereocenters. The van der Waals surface area contributed by atoms with Crippen LogP contribution in [0.5, 0.6) is 17.2 Å².